The number of piperidine rings is 1. The van der Waals surface area contributed by atoms with Crippen LogP contribution in [-0.4, -0.2) is 132 Å². The number of hydrogen-bond donors (Lipinski definition) is 3. The number of nitrogens with zero attached hydrogens (tertiary/aromatic N) is 3. The molecule has 3 N–H and O–H groups in total. The average molecular weight is 686 g/mol. The highest BCUT2D eigenvalue weighted by Crippen LogP contribution is 2.35. The molecule has 3 saturated heterocycles. The first-order valence-corrected chi connectivity index (χ1v) is 13.7. The molecule has 3 heterocycles. The summed E-state index contributed by atoms with van der Waals surface area (Å²) in [6.07, 6.45) is -13.5. The van der Waals surface area contributed by atoms with Crippen LogP contribution in [0.15, 0.2) is 24.3 Å². The third kappa shape index (κ3) is 15.4. The van der Waals surface area contributed by atoms with E-state index in [4.69, 9.17) is 34.4 Å². The summed E-state index contributed by atoms with van der Waals surface area (Å²) in [5.74, 6) is -6.77. The Kier molecular flexibility index (Phi) is 15.7. The molecule has 10 nitrogen and oxygen atoms in total. The maximum Gasteiger partial charge on any atom is 0.490 e. The molecule has 0 unspecified atom stereocenters. The molecule has 46 heavy (non-hydrogen) atoms. The molecular weight excluding hydrogens is 649 g/mol. The molecule has 3 atom stereocenters. The van der Waals surface area contributed by atoms with Crippen molar-refractivity contribution in [2.24, 2.45) is 11.8 Å². The van der Waals surface area contributed by atoms with Crippen molar-refractivity contribution in [3.8, 4) is 0 Å². The second-order valence-corrected chi connectivity index (χ2v) is 10.8. The van der Waals surface area contributed by atoms with E-state index in [-0.39, 0.29) is 0 Å². The van der Waals surface area contributed by atoms with Gasteiger partial charge in [0.05, 0.1) is 12.7 Å². The standard InChI is InChI=1S/C21H33N3O.3C2HF3O2/c1-17-3-5-18(6-4-17)13-24-8-7-20-19(14-24)16-25-21(20)15-23-11-9-22(2)10-12-23;3*3-2(4,5)1(6)7/h3-6,19-21H,7-16H2,1-2H3;3*(H,6,7)/t19-,20-,21+;;;/m1.../s1. The topological polar surface area (TPSA) is 131 Å². The van der Waals surface area contributed by atoms with E-state index in [9.17, 15) is 39.5 Å². The van der Waals surface area contributed by atoms with Crippen molar-refractivity contribution in [3.63, 3.8) is 0 Å². The van der Waals surface area contributed by atoms with Crippen molar-refractivity contribution in [1.29, 1.82) is 0 Å². The van der Waals surface area contributed by atoms with Gasteiger partial charge in [-0.2, -0.15) is 39.5 Å². The van der Waals surface area contributed by atoms with E-state index in [2.05, 4.69) is 52.9 Å². The second-order valence-electron chi connectivity index (χ2n) is 10.8. The molecule has 0 spiro atoms. The smallest absolute Gasteiger partial charge is 0.475 e. The Labute approximate surface area is 258 Å². The largest absolute Gasteiger partial charge is 0.490 e. The third-order valence-electron chi connectivity index (χ3n) is 7.17. The molecule has 0 radical (unpaired) electrons. The van der Waals surface area contributed by atoms with E-state index < -0.39 is 36.4 Å². The number of fused-ring (bicyclic) bond motifs is 1. The van der Waals surface area contributed by atoms with Crippen LogP contribution >= 0.6 is 0 Å². The van der Waals surface area contributed by atoms with Gasteiger partial charge in [-0.3, -0.25) is 9.80 Å². The van der Waals surface area contributed by atoms with E-state index in [0.29, 0.717) is 6.10 Å². The molecule has 19 heteroatoms. The highest BCUT2D eigenvalue weighted by Gasteiger charge is 2.42. The number of rotatable bonds is 4. The first-order valence-electron chi connectivity index (χ1n) is 13.7. The summed E-state index contributed by atoms with van der Waals surface area (Å²) >= 11 is 0. The fraction of sp³-hybridized carbons (Fsp3) is 0.667. The number of piperazine rings is 1. The van der Waals surface area contributed by atoms with Crippen molar-refractivity contribution in [3.05, 3.63) is 35.4 Å². The number of carbonyl (C=O) groups is 3. The third-order valence-corrected chi connectivity index (χ3v) is 7.17. The highest BCUT2D eigenvalue weighted by molar-refractivity contribution is 5.73. The molecule has 3 aliphatic heterocycles. The fourth-order valence-corrected chi connectivity index (χ4v) is 4.73. The van der Waals surface area contributed by atoms with Crippen LogP contribution in [0.1, 0.15) is 17.5 Å². The van der Waals surface area contributed by atoms with Crippen LogP contribution < -0.4 is 0 Å². The van der Waals surface area contributed by atoms with Crippen LogP contribution in [0.4, 0.5) is 39.5 Å². The summed E-state index contributed by atoms with van der Waals surface area (Å²) in [4.78, 5) is 34.4. The minimum atomic E-state index is -5.08. The lowest BCUT2D eigenvalue weighted by atomic mass is 9.84. The van der Waals surface area contributed by atoms with Crippen molar-refractivity contribution in [1.82, 2.24) is 14.7 Å². The van der Waals surface area contributed by atoms with Gasteiger partial charge in [0.1, 0.15) is 0 Å². The predicted molar refractivity (Wildman–Crippen MR) is 143 cm³/mol. The SMILES string of the molecule is Cc1ccc(CN2CC[C@@H]3[C@@H](CO[C@H]3CN3CCN(C)CC3)C2)cc1.O=C(O)C(F)(F)F.O=C(O)C(F)(F)F.O=C(O)C(F)(F)F. The summed E-state index contributed by atoms with van der Waals surface area (Å²) in [6.45, 7) is 12.6. The first-order chi connectivity index (χ1) is 21.0. The number of ether oxygens (including phenoxy) is 1. The Bertz CT molecular complexity index is 1050. The normalized spacial score (nSPS) is 22.5. The molecular formula is C27H36F9N3O7. The van der Waals surface area contributed by atoms with Crippen LogP contribution in [0, 0.1) is 18.8 Å². The molecule has 4 rings (SSSR count). The van der Waals surface area contributed by atoms with Crippen molar-refractivity contribution in [2.75, 3.05) is 59.5 Å². The Morgan fingerprint density at radius 3 is 1.61 bits per heavy atom. The molecule has 3 fully saturated rings. The van der Waals surface area contributed by atoms with Crippen molar-refractivity contribution in [2.45, 2.75) is 44.5 Å². The zero-order chi connectivity index (χ0) is 35.5. The molecule has 0 aromatic heterocycles. The van der Waals surface area contributed by atoms with Gasteiger partial charge in [-0.25, -0.2) is 14.4 Å². The number of likely N-dealkylation sites (tertiary alicyclic amines) is 1. The zero-order valence-corrected chi connectivity index (χ0v) is 24.8. The van der Waals surface area contributed by atoms with Crippen LogP contribution in [0.25, 0.3) is 0 Å². The maximum atomic E-state index is 10.6. The molecule has 0 aliphatic carbocycles. The number of aliphatic carboxylic acids is 3. The lowest BCUT2D eigenvalue weighted by molar-refractivity contribution is -0.193. The van der Waals surface area contributed by atoms with E-state index in [0.717, 1.165) is 31.5 Å². The summed E-state index contributed by atoms with van der Waals surface area (Å²) in [5, 5.41) is 21.4. The number of carboxylic acids is 3. The number of alkyl halides is 9. The molecule has 0 amide bonds. The van der Waals surface area contributed by atoms with Gasteiger partial charge in [-0.15, -0.1) is 0 Å². The number of benzene rings is 1. The Hall–Kier alpha value is -3.16. The van der Waals surface area contributed by atoms with E-state index in [1.165, 1.54) is 56.8 Å². The lowest BCUT2D eigenvalue weighted by Gasteiger charge is -2.38. The Morgan fingerprint density at radius 1 is 0.761 bits per heavy atom. The zero-order valence-electron chi connectivity index (χ0n) is 24.8. The molecule has 1 aromatic rings. The summed E-state index contributed by atoms with van der Waals surface area (Å²) in [6, 6.07) is 9.02. The highest BCUT2D eigenvalue weighted by atomic mass is 19.4. The van der Waals surface area contributed by atoms with Gasteiger partial charge in [-0.1, -0.05) is 29.8 Å². The van der Waals surface area contributed by atoms with E-state index in [1.807, 2.05) is 0 Å². The van der Waals surface area contributed by atoms with Crippen LogP contribution in [0.2, 0.25) is 0 Å². The number of halogens is 9. The minimum absolute atomic E-state index is 0.468. The number of hydrogen-bond acceptors (Lipinski definition) is 7. The molecule has 0 bridgehead atoms. The quantitative estimate of drug-likeness (QED) is 0.401. The summed E-state index contributed by atoms with van der Waals surface area (Å²) < 4.78 is 101. The lowest BCUT2D eigenvalue weighted by Crippen LogP contribution is -2.49. The average Bonchev–Trinajstić information content (AvgIpc) is 3.32. The van der Waals surface area contributed by atoms with Gasteiger partial charge in [0.15, 0.2) is 0 Å². The van der Waals surface area contributed by atoms with E-state index in [1.54, 1.807) is 0 Å². The molecule has 1 aromatic carbocycles. The monoisotopic (exact) mass is 685 g/mol. The Morgan fingerprint density at radius 2 is 1.20 bits per heavy atom. The minimum Gasteiger partial charge on any atom is -0.475 e. The number of carboxylic acid groups (broad SMARTS) is 3. The van der Waals surface area contributed by atoms with Gasteiger partial charge in [0.2, 0.25) is 0 Å². The molecule has 3 aliphatic rings. The van der Waals surface area contributed by atoms with Gasteiger partial charge in [0, 0.05) is 51.7 Å². The van der Waals surface area contributed by atoms with Crippen LogP contribution in [0.3, 0.4) is 0 Å². The fourth-order valence-electron chi connectivity index (χ4n) is 4.73. The first kappa shape index (κ1) is 40.9. The van der Waals surface area contributed by atoms with Crippen LogP contribution in [-0.2, 0) is 25.7 Å². The number of aryl methyl sites for hydroxylation is 1. The van der Waals surface area contributed by atoms with E-state index >= 15 is 0 Å². The van der Waals surface area contributed by atoms with Gasteiger partial charge < -0.3 is 25.0 Å². The van der Waals surface area contributed by atoms with Gasteiger partial charge >= 0.3 is 36.4 Å². The molecule has 0 saturated carbocycles. The van der Waals surface area contributed by atoms with Gasteiger partial charge in [-0.05, 0) is 38.4 Å². The summed E-state index contributed by atoms with van der Waals surface area (Å²) in [5.41, 5.74) is 2.79. The van der Waals surface area contributed by atoms with Crippen molar-refractivity contribution < 1.29 is 74.0 Å². The Balaban J connectivity index is 0.000000413. The number of likely N-dealkylation sites (N-methyl/N-ethyl adjacent to an activating group) is 1. The maximum absolute atomic E-state index is 10.6. The second kappa shape index (κ2) is 17.7. The molecule has 264 valence electrons. The summed E-state index contributed by atoms with van der Waals surface area (Å²) in [7, 11) is 2.23. The van der Waals surface area contributed by atoms with Gasteiger partial charge in [0.25, 0.3) is 0 Å². The van der Waals surface area contributed by atoms with Crippen molar-refractivity contribution >= 4 is 17.9 Å². The van der Waals surface area contributed by atoms with Crippen LogP contribution in [0.5, 0.6) is 0 Å². The predicted octanol–water partition coefficient (Wildman–Crippen LogP) is 3.98.